The average Bonchev–Trinajstić information content (AvgIpc) is 2.70. The van der Waals surface area contributed by atoms with Crippen LogP contribution in [-0.4, -0.2) is 17.1 Å². The van der Waals surface area contributed by atoms with Crippen LogP contribution in [0.4, 0.5) is 5.88 Å². The number of carboxylic acid groups (broad SMARTS) is 1. The van der Waals surface area contributed by atoms with E-state index in [4.69, 9.17) is 9.52 Å². The van der Waals surface area contributed by atoms with Crippen molar-refractivity contribution in [3.8, 4) is 0 Å². The van der Waals surface area contributed by atoms with Crippen molar-refractivity contribution < 1.29 is 14.3 Å². The van der Waals surface area contributed by atoms with Gasteiger partial charge in [0.05, 0.1) is 0 Å². The number of nitrogens with one attached hydrogen (secondary N) is 1. The average molecular weight is 237 g/mol. The Morgan fingerprint density at radius 3 is 2.41 bits per heavy atom. The monoisotopic (exact) mass is 237 g/mol. The van der Waals surface area contributed by atoms with Crippen LogP contribution in [0.15, 0.2) is 16.5 Å². The molecule has 0 aliphatic heterocycles. The lowest BCUT2D eigenvalue weighted by Crippen LogP contribution is -2.20. The summed E-state index contributed by atoms with van der Waals surface area (Å²) in [6.45, 7) is 0. The Morgan fingerprint density at radius 1 is 1.18 bits per heavy atom. The zero-order chi connectivity index (χ0) is 12.1. The van der Waals surface area contributed by atoms with Crippen LogP contribution in [0.25, 0.3) is 0 Å². The van der Waals surface area contributed by atoms with Gasteiger partial charge in [0.2, 0.25) is 5.76 Å². The minimum absolute atomic E-state index is 0.00153. The lowest BCUT2D eigenvalue weighted by Gasteiger charge is -2.20. The van der Waals surface area contributed by atoms with E-state index < -0.39 is 5.97 Å². The summed E-state index contributed by atoms with van der Waals surface area (Å²) < 4.78 is 5.21. The number of rotatable bonds is 3. The van der Waals surface area contributed by atoms with Gasteiger partial charge in [0.1, 0.15) is 0 Å². The number of furan rings is 1. The molecule has 1 heterocycles. The highest BCUT2D eigenvalue weighted by molar-refractivity contribution is 5.84. The third-order valence-corrected chi connectivity index (χ3v) is 3.27. The largest absolute Gasteiger partial charge is 0.475 e. The summed E-state index contributed by atoms with van der Waals surface area (Å²) in [5.74, 6) is -0.443. The van der Waals surface area contributed by atoms with E-state index in [-0.39, 0.29) is 5.76 Å². The topological polar surface area (TPSA) is 62.5 Å². The summed E-state index contributed by atoms with van der Waals surface area (Å²) >= 11 is 0. The van der Waals surface area contributed by atoms with Crippen LogP contribution in [0.2, 0.25) is 0 Å². The molecule has 17 heavy (non-hydrogen) atoms. The molecule has 1 aromatic heterocycles. The van der Waals surface area contributed by atoms with Gasteiger partial charge in [-0.2, -0.15) is 0 Å². The van der Waals surface area contributed by atoms with Gasteiger partial charge in [0.25, 0.3) is 0 Å². The first-order valence-corrected chi connectivity index (χ1v) is 6.35. The fourth-order valence-corrected chi connectivity index (χ4v) is 2.33. The van der Waals surface area contributed by atoms with Gasteiger partial charge in [-0.1, -0.05) is 32.1 Å². The van der Waals surface area contributed by atoms with E-state index in [1.807, 2.05) is 0 Å². The first-order valence-electron chi connectivity index (χ1n) is 6.35. The van der Waals surface area contributed by atoms with E-state index in [9.17, 15) is 4.79 Å². The molecule has 1 fully saturated rings. The maximum atomic E-state index is 10.7. The van der Waals surface area contributed by atoms with Crippen molar-refractivity contribution in [2.45, 2.75) is 51.0 Å². The summed E-state index contributed by atoms with van der Waals surface area (Å²) in [5.41, 5.74) is 0. The number of carbonyl (C=O) groups is 1. The molecule has 0 bridgehead atoms. The van der Waals surface area contributed by atoms with E-state index in [0.29, 0.717) is 11.9 Å². The molecule has 2 N–H and O–H groups in total. The van der Waals surface area contributed by atoms with Crippen molar-refractivity contribution in [3.63, 3.8) is 0 Å². The predicted molar refractivity (Wildman–Crippen MR) is 65.4 cm³/mol. The Bertz CT molecular complexity index is 364. The summed E-state index contributed by atoms with van der Waals surface area (Å²) in [6, 6.07) is 3.61. The molecule has 4 heteroatoms. The molecule has 0 atom stereocenters. The summed E-state index contributed by atoms with van der Waals surface area (Å²) in [7, 11) is 0. The number of aromatic carboxylic acids is 1. The minimum atomic E-state index is -1.02. The van der Waals surface area contributed by atoms with Gasteiger partial charge >= 0.3 is 5.97 Å². The van der Waals surface area contributed by atoms with Crippen molar-refractivity contribution >= 4 is 11.9 Å². The van der Waals surface area contributed by atoms with Crippen LogP contribution in [0, 0.1) is 0 Å². The number of anilines is 1. The SMILES string of the molecule is O=C(O)c1ccc(NC2CCCCCCC2)o1. The normalized spacial score (nSPS) is 18.4. The molecule has 1 aromatic rings. The van der Waals surface area contributed by atoms with Crippen LogP contribution in [-0.2, 0) is 0 Å². The highest BCUT2D eigenvalue weighted by Gasteiger charge is 2.14. The van der Waals surface area contributed by atoms with Crippen LogP contribution in [0.5, 0.6) is 0 Å². The zero-order valence-corrected chi connectivity index (χ0v) is 9.95. The molecule has 0 radical (unpaired) electrons. The van der Waals surface area contributed by atoms with Crippen LogP contribution in [0.1, 0.15) is 55.5 Å². The zero-order valence-electron chi connectivity index (χ0n) is 9.95. The Morgan fingerprint density at radius 2 is 1.82 bits per heavy atom. The first-order chi connectivity index (χ1) is 8.25. The molecule has 0 unspecified atom stereocenters. The van der Waals surface area contributed by atoms with Gasteiger partial charge in [0, 0.05) is 12.1 Å². The van der Waals surface area contributed by atoms with Gasteiger partial charge < -0.3 is 14.8 Å². The molecule has 0 saturated heterocycles. The predicted octanol–water partition coefficient (Wildman–Crippen LogP) is 3.50. The second-order valence-corrected chi connectivity index (χ2v) is 4.66. The molecule has 4 nitrogen and oxygen atoms in total. The number of carboxylic acids is 1. The summed E-state index contributed by atoms with van der Waals surface area (Å²) in [5, 5.41) is 12.1. The fraction of sp³-hybridized carbons (Fsp3) is 0.615. The Labute approximate surface area is 101 Å². The van der Waals surface area contributed by atoms with Crippen molar-refractivity contribution in [1.82, 2.24) is 0 Å². The molecule has 0 spiro atoms. The van der Waals surface area contributed by atoms with Crippen molar-refractivity contribution in [2.75, 3.05) is 5.32 Å². The highest BCUT2D eigenvalue weighted by Crippen LogP contribution is 2.22. The standard InChI is InChI=1S/C13H19NO3/c15-13(16)11-8-9-12(17-11)14-10-6-4-2-1-3-5-7-10/h8-10,14H,1-7H2,(H,15,16). The molecule has 1 saturated carbocycles. The summed E-state index contributed by atoms with van der Waals surface area (Å²) in [4.78, 5) is 10.7. The lowest BCUT2D eigenvalue weighted by atomic mass is 9.97. The quantitative estimate of drug-likeness (QED) is 0.844. The van der Waals surface area contributed by atoms with Gasteiger partial charge in [0.15, 0.2) is 5.88 Å². The van der Waals surface area contributed by atoms with Gasteiger partial charge in [-0.05, 0) is 18.9 Å². The van der Waals surface area contributed by atoms with E-state index in [2.05, 4.69) is 5.32 Å². The molecular formula is C13H19NO3. The first kappa shape index (κ1) is 12.0. The molecular weight excluding hydrogens is 218 g/mol. The third-order valence-electron chi connectivity index (χ3n) is 3.27. The van der Waals surface area contributed by atoms with Gasteiger partial charge in [-0.15, -0.1) is 0 Å². The minimum Gasteiger partial charge on any atom is -0.475 e. The maximum Gasteiger partial charge on any atom is 0.371 e. The smallest absolute Gasteiger partial charge is 0.371 e. The Hall–Kier alpha value is -1.45. The third kappa shape index (κ3) is 3.51. The van der Waals surface area contributed by atoms with Crippen LogP contribution in [0.3, 0.4) is 0 Å². The highest BCUT2D eigenvalue weighted by atomic mass is 16.4. The van der Waals surface area contributed by atoms with E-state index in [1.165, 1.54) is 38.2 Å². The lowest BCUT2D eigenvalue weighted by molar-refractivity contribution is 0.0663. The Kier molecular flexibility index (Phi) is 4.07. The molecule has 1 aliphatic rings. The van der Waals surface area contributed by atoms with E-state index in [1.54, 1.807) is 6.07 Å². The molecule has 1 aliphatic carbocycles. The summed E-state index contributed by atoms with van der Waals surface area (Å²) in [6.07, 6.45) is 8.71. The van der Waals surface area contributed by atoms with Crippen molar-refractivity contribution in [3.05, 3.63) is 17.9 Å². The second kappa shape index (κ2) is 5.75. The van der Waals surface area contributed by atoms with Crippen LogP contribution >= 0.6 is 0 Å². The molecule has 2 rings (SSSR count). The molecule has 0 amide bonds. The number of hydrogen-bond donors (Lipinski definition) is 2. The number of hydrogen-bond acceptors (Lipinski definition) is 3. The van der Waals surface area contributed by atoms with Gasteiger partial charge in [-0.3, -0.25) is 0 Å². The van der Waals surface area contributed by atoms with E-state index in [0.717, 1.165) is 12.8 Å². The maximum absolute atomic E-state index is 10.7. The van der Waals surface area contributed by atoms with Crippen molar-refractivity contribution in [1.29, 1.82) is 0 Å². The van der Waals surface area contributed by atoms with E-state index >= 15 is 0 Å². The molecule has 0 aromatic carbocycles. The molecule has 94 valence electrons. The fourth-order valence-electron chi connectivity index (χ4n) is 2.33. The Balaban J connectivity index is 1.91. The van der Waals surface area contributed by atoms with Crippen molar-refractivity contribution in [2.24, 2.45) is 0 Å². The second-order valence-electron chi connectivity index (χ2n) is 4.66. The van der Waals surface area contributed by atoms with Crippen LogP contribution < -0.4 is 5.32 Å². The van der Waals surface area contributed by atoms with Gasteiger partial charge in [-0.25, -0.2) is 4.79 Å².